The van der Waals surface area contributed by atoms with Gasteiger partial charge < -0.3 is 15.4 Å². The van der Waals surface area contributed by atoms with Crippen molar-refractivity contribution in [3.63, 3.8) is 0 Å². The summed E-state index contributed by atoms with van der Waals surface area (Å²) in [5, 5.41) is 5.90. The zero-order chi connectivity index (χ0) is 16.1. The van der Waals surface area contributed by atoms with Crippen molar-refractivity contribution in [1.82, 2.24) is 0 Å². The van der Waals surface area contributed by atoms with Crippen molar-refractivity contribution >= 4 is 34.8 Å². The molecule has 0 saturated heterocycles. The van der Waals surface area contributed by atoms with Crippen molar-refractivity contribution in [1.29, 1.82) is 0 Å². The summed E-state index contributed by atoms with van der Waals surface area (Å²) in [6, 6.07) is 11.6. The van der Waals surface area contributed by atoms with Crippen LogP contribution in [0.15, 0.2) is 42.5 Å². The van der Waals surface area contributed by atoms with Crippen LogP contribution in [0.5, 0.6) is 5.75 Å². The normalized spacial score (nSPS) is 9.95. The molecule has 5 nitrogen and oxygen atoms in total. The van der Waals surface area contributed by atoms with Gasteiger partial charge in [-0.1, -0.05) is 17.7 Å². The summed E-state index contributed by atoms with van der Waals surface area (Å²) in [4.78, 5) is 23.5. The van der Waals surface area contributed by atoms with E-state index in [2.05, 4.69) is 10.6 Å². The molecule has 2 aromatic rings. The predicted molar refractivity (Wildman–Crippen MR) is 86.7 cm³/mol. The molecule has 0 fully saturated rings. The lowest BCUT2D eigenvalue weighted by molar-refractivity contribution is -0.114. The molecular weight excluding hydrogens is 304 g/mol. The zero-order valence-corrected chi connectivity index (χ0v) is 12.9. The van der Waals surface area contributed by atoms with Crippen molar-refractivity contribution < 1.29 is 14.3 Å². The number of nitrogens with one attached hydrogen (secondary N) is 2. The second-order valence-corrected chi connectivity index (χ2v) is 5.00. The third-order valence-corrected chi connectivity index (χ3v) is 3.09. The van der Waals surface area contributed by atoms with Gasteiger partial charge in [-0.15, -0.1) is 0 Å². The number of ether oxygens (including phenoxy) is 1. The van der Waals surface area contributed by atoms with Gasteiger partial charge in [0, 0.05) is 23.2 Å². The maximum absolute atomic E-state index is 12.3. The topological polar surface area (TPSA) is 67.4 Å². The molecule has 0 bridgehead atoms. The van der Waals surface area contributed by atoms with E-state index in [1.165, 1.54) is 14.0 Å². The highest BCUT2D eigenvalue weighted by Crippen LogP contribution is 2.26. The van der Waals surface area contributed by atoms with E-state index in [1.807, 2.05) is 0 Å². The van der Waals surface area contributed by atoms with Gasteiger partial charge in [-0.2, -0.15) is 0 Å². The fraction of sp³-hybridized carbons (Fsp3) is 0.125. The number of amides is 2. The number of halogens is 1. The van der Waals surface area contributed by atoms with Crippen LogP contribution in [0.2, 0.25) is 5.02 Å². The molecule has 0 unspecified atom stereocenters. The minimum Gasteiger partial charge on any atom is -0.495 e. The van der Waals surface area contributed by atoms with Crippen LogP contribution in [0.1, 0.15) is 17.3 Å². The SMILES string of the molecule is COc1ccc(C(=O)Nc2cccc(Cl)c2)cc1NC(C)=O. The average Bonchev–Trinajstić information content (AvgIpc) is 2.46. The summed E-state index contributed by atoms with van der Waals surface area (Å²) in [5.74, 6) is -0.0725. The van der Waals surface area contributed by atoms with E-state index < -0.39 is 0 Å². The fourth-order valence-electron chi connectivity index (χ4n) is 1.91. The van der Waals surface area contributed by atoms with Crippen LogP contribution in [0, 0.1) is 0 Å². The molecule has 6 heteroatoms. The van der Waals surface area contributed by atoms with E-state index in [4.69, 9.17) is 16.3 Å². The highest BCUT2D eigenvalue weighted by atomic mass is 35.5. The summed E-state index contributed by atoms with van der Waals surface area (Å²) < 4.78 is 5.15. The number of methoxy groups -OCH3 is 1. The first-order chi connectivity index (χ1) is 10.5. The van der Waals surface area contributed by atoms with Gasteiger partial charge in [0.25, 0.3) is 5.91 Å². The van der Waals surface area contributed by atoms with Gasteiger partial charge >= 0.3 is 0 Å². The summed E-state index contributed by atoms with van der Waals surface area (Å²) >= 11 is 5.88. The van der Waals surface area contributed by atoms with Crippen molar-refractivity contribution in [3.05, 3.63) is 53.1 Å². The number of benzene rings is 2. The summed E-state index contributed by atoms with van der Waals surface area (Å²) in [5.41, 5.74) is 1.42. The van der Waals surface area contributed by atoms with Gasteiger partial charge in [-0.25, -0.2) is 0 Å². The molecular formula is C16H15ClN2O3. The largest absolute Gasteiger partial charge is 0.495 e. The van der Waals surface area contributed by atoms with E-state index >= 15 is 0 Å². The number of anilines is 2. The predicted octanol–water partition coefficient (Wildman–Crippen LogP) is 3.56. The Balaban J connectivity index is 2.24. The smallest absolute Gasteiger partial charge is 0.255 e. The number of carbonyl (C=O) groups excluding carboxylic acids is 2. The number of rotatable bonds is 4. The highest BCUT2D eigenvalue weighted by molar-refractivity contribution is 6.31. The lowest BCUT2D eigenvalue weighted by atomic mass is 10.1. The molecule has 0 heterocycles. The number of carbonyl (C=O) groups is 2. The Hall–Kier alpha value is -2.53. The third kappa shape index (κ3) is 3.99. The van der Waals surface area contributed by atoms with Crippen molar-refractivity contribution in [2.24, 2.45) is 0 Å². The molecule has 0 aliphatic rings. The van der Waals surface area contributed by atoms with Crippen molar-refractivity contribution in [2.75, 3.05) is 17.7 Å². The molecule has 0 aliphatic carbocycles. The zero-order valence-electron chi connectivity index (χ0n) is 12.1. The second-order valence-electron chi connectivity index (χ2n) is 4.56. The quantitative estimate of drug-likeness (QED) is 0.905. The lowest BCUT2D eigenvalue weighted by Crippen LogP contribution is -2.13. The van der Waals surface area contributed by atoms with Crippen molar-refractivity contribution in [3.8, 4) is 5.75 Å². The molecule has 2 amide bonds. The van der Waals surface area contributed by atoms with Crippen LogP contribution in [0.4, 0.5) is 11.4 Å². The first-order valence-corrected chi connectivity index (χ1v) is 6.90. The Morgan fingerprint density at radius 1 is 1.09 bits per heavy atom. The van der Waals surface area contributed by atoms with Crippen LogP contribution in [-0.4, -0.2) is 18.9 Å². The molecule has 2 rings (SSSR count). The number of hydrogen-bond donors (Lipinski definition) is 2. The molecule has 114 valence electrons. The van der Waals surface area contributed by atoms with Gasteiger partial charge in [0.1, 0.15) is 5.75 Å². The van der Waals surface area contributed by atoms with Crippen LogP contribution in [0.3, 0.4) is 0 Å². The average molecular weight is 319 g/mol. The Labute approximate surface area is 133 Å². The van der Waals surface area contributed by atoms with E-state index in [1.54, 1.807) is 42.5 Å². The van der Waals surface area contributed by atoms with Gasteiger partial charge in [0.05, 0.1) is 12.8 Å². The van der Waals surface area contributed by atoms with Crippen molar-refractivity contribution in [2.45, 2.75) is 6.92 Å². The molecule has 0 aromatic heterocycles. The first kappa shape index (κ1) is 15.9. The lowest BCUT2D eigenvalue weighted by Gasteiger charge is -2.11. The first-order valence-electron chi connectivity index (χ1n) is 6.52. The van der Waals surface area contributed by atoms with E-state index in [9.17, 15) is 9.59 Å². The van der Waals surface area contributed by atoms with Crippen LogP contribution < -0.4 is 15.4 Å². The van der Waals surface area contributed by atoms with Gasteiger partial charge in [-0.05, 0) is 36.4 Å². The molecule has 0 spiro atoms. The monoisotopic (exact) mass is 318 g/mol. The highest BCUT2D eigenvalue weighted by Gasteiger charge is 2.11. The molecule has 22 heavy (non-hydrogen) atoms. The van der Waals surface area contributed by atoms with Crippen LogP contribution in [-0.2, 0) is 4.79 Å². The molecule has 0 atom stereocenters. The molecule has 0 aliphatic heterocycles. The number of hydrogen-bond acceptors (Lipinski definition) is 3. The molecule has 0 radical (unpaired) electrons. The molecule has 0 saturated carbocycles. The fourth-order valence-corrected chi connectivity index (χ4v) is 2.10. The summed E-state index contributed by atoms with van der Waals surface area (Å²) in [6.07, 6.45) is 0. The summed E-state index contributed by atoms with van der Waals surface area (Å²) in [6.45, 7) is 1.39. The van der Waals surface area contributed by atoms with Gasteiger partial charge in [0.15, 0.2) is 0 Å². The Bertz CT molecular complexity index is 716. The second kappa shape index (κ2) is 6.95. The van der Waals surface area contributed by atoms with Gasteiger partial charge in [0.2, 0.25) is 5.91 Å². The Morgan fingerprint density at radius 2 is 1.86 bits per heavy atom. The standard InChI is InChI=1S/C16H15ClN2O3/c1-10(20)18-14-8-11(6-7-15(14)22-2)16(21)19-13-5-3-4-12(17)9-13/h3-9H,1-2H3,(H,18,20)(H,19,21). The minimum atomic E-state index is -0.309. The maximum atomic E-state index is 12.3. The minimum absolute atomic E-state index is 0.245. The van der Waals surface area contributed by atoms with Crippen LogP contribution in [0.25, 0.3) is 0 Å². The third-order valence-electron chi connectivity index (χ3n) is 2.85. The van der Waals surface area contributed by atoms with E-state index in [-0.39, 0.29) is 11.8 Å². The van der Waals surface area contributed by atoms with E-state index in [0.717, 1.165) is 0 Å². The van der Waals surface area contributed by atoms with Crippen LogP contribution >= 0.6 is 11.6 Å². The Morgan fingerprint density at radius 3 is 2.50 bits per heavy atom. The maximum Gasteiger partial charge on any atom is 0.255 e. The summed E-state index contributed by atoms with van der Waals surface area (Å²) in [7, 11) is 1.49. The van der Waals surface area contributed by atoms with E-state index in [0.29, 0.717) is 27.7 Å². The molecule has 2 aromatic carbocycles. The van der Waals surface area contributed by atoms with Gasteiger partial charge in [-0.3, -0.25) is 9.59 Å². The Kier molecular flexibility index (Phi) is 5.01. The molecule has 2 N–H and O–H groups in total.